The first-order valence-electron chi connectivity index (χ1n) is 15.2. The fourth-order valence-electron chi connectivity index (χ4n) is 3.01. The number of ether oxygens (including phenoxy) is 12. The summed E-state index contributed by atoms with van der Waals surface area (Å²) in [7, 11) is 1.35. The molecule has 0 saturated heterocycles. The van der Waals surface area contributed by atoms with E-state index in [1.165, 1.54) is 20.0 Å². The number of unbranched alkanes of at least 4 members (excludes halogenated alkanes) is 2. The van der Waals surface area contributed by atoms with E-state index in [1.54, 1.807) is 0 Å². The van der Waals surface area contributed by atoms with Crippen molar-refractivity contribution in [2.75, 3.05) is 152 Å². The van der Waals surface area contributed by atoms with Crippen LogP contribution in [0.3, 0.4) is 0 Å². The maximum Gasteiger partial charge on any atom is 0.307 e. The van der Waals surface area contributed by atoms with Crippen molar-refractivity contribution in [3.05, 3.63) is 0 Å². The minimum atomic E-state index is -0.284. The Morgan fingerprint density at radius 2 is 0.595 bits per heavy atom. The third-order valence-electron chi connectivity index (χ3n) is 5.29. The molecule has 0 saturated carbocycles. The summed E-state index contributed by atoms with van der Waals surface area (Å²) in [6, 6.07) is 0. The Labute approximate surface area is 252 Å². The monoisotopic (exact) mass is 614 g/mol. The molecule has 0 heterocycles. The Morgan fingerprint density at radius 3 is 0.833 bits per heavy atom. The molecule has 252 valence electrons. The van der Waals surface area contributed by atoms with Crippen LogP contribution in [0.25, 0.3) is 0 Å². The number of esters is 1. The molecule has 0 amide bonds. The van der Waals surface area contributed by atoms with Crippen molar-refractivity contribution in [3.63, 3.8) is 0 Å². The molecule has 0 aromatic rings. The molecule has 0 spiro atoms. The van der Waals surface area contributed by atoms with Crippen molar-refractivity contribution in [1.29, 1.82) is 0 Å². The Hall–Kier alpha value is -0.970. The van der Waals surface area contributed by atoms with Crippen molar-refractivity contribution < 1.29 is 61.6 Å². The van der Waals surface area contributed by atoms with Crippen LogP contribution in [0.5, 0.6) is 0 Å². The van der Waals surface area contributed by atoms with Crippen molar-refractivity contribution in [3.8, 4) is 0 Å². The zero-order valence-electron chi connectivity index (χ0n) is 26.2. The predicted molar refractivity (Wildman–Crippen MR) is 155 cm³/mol. The lowest BCUT2D eigenvalue weighted by Gasteiger charge is -2.09. The van der Waals surface area contributed by atoms with Gasteiger partial charge >= 0.3 is 5.97 Å². The van der Waals surface area contributed by atoms with E-state index in [4.69, 9.17) is 52.1 Å². The van der Waals surface area contributed by atoms with Gasteiger partial charge in [0.2, 0.25) is 0 Å². The smallest absolute Gasteiger partial charge is 0.307 e. The highest BCUT2D eigenvalue weighted by Crippen LogP contribution is 1.94. The zero-order valence-corrected chi connectivity index (χ0v) is 26.2. The van der Waals surface area contributed by atoms with Gasteiger partial charge in [-0.15, -0.1) is 0 Å². The normalized spacial score (nSPS) is 11.4. The van der Waals surface area contributed by atoms with Crippen LogP contribution in [0, 0.1) is 0 Å². The van der Waals surface area contributed by atoms with Crippen LogP contribution in [0.15, 0.2) is 0 Å². The first-order chi connectivity index (χ1) is 20.8. The van der Waals surface area contributed by atoms with Crippen LogP contribution in [0.2, 0.25) is 0 Å². The van der Waals surface area contributed by atoms with Gasteiger partial charge in [0, 0.05) is 6.61 Å². The molecule has 0 atom stereocenters. The molecule has 0 aliphatic carbocycles. The number of methoxy groups -OCH3 is 1. The van der Waals surface area contributed by atoms with Crippen molar-refractivity contribution in [2.45, 2.75) is 32.6 Å². The van der Waals surface area contributed by atoms with E-state index in [0.29, 0.717) is 139 Å². The molecule has 42 heavy (non-hydrogen) atoms. The van der Waals surface area contributed by atoms with Crippen molar-refractivity contribution >= 4 is 5.97 Å². The number of hydrogen-bond donors (Lipinski definition) is 0. The maximum atomic E-state index is 10.9. The summed E-state index contributed by atoms with van der Waals surface area (Å²) in [5.41, 5.74) is 0. The van der Waals surface area contributed by atoms with E-state index < -0.39 is 0 Å². The summed E-state index contributed by atoms with van der Waals surface area (Å²) in [5.74, 6) is -0.284. The van der Waals surface area contributed by atoms with Crippen LogP contribution < -0.4 is 0 Å². The second kappa shape index (κ2) is 38.1. The topological polar surface area (TPSA) is 128 Å². The second-order valence-electron chi connectivity index (χ2n) is 8.77. The molecule has 0 aromatic carbocycles. The van der Waals surface area contributed by atoms with Gasteiger partial charge in [0.15, 0.2) is 0 Å². The Bertz CT molecular complexity index is 514. The zero-order chi connectivity index (χ0) is 30.4. The van der Waals surface area contributed by atoms with E-state index in [-0.39, 0.29) is 12.4 Å². The Morgan fingerprint density at radius 1 is 0.357 bits per heavy atom. The van der Waals surface area contributed by atoms with E-state index in [1.807, 2.05) is 0 Å². The van der Waals surface area contributed by atoms with Crippen LogP contribution >= 0.6 is 0 Å². The lowest BCUT2D eigenvalue weighted by molar-refractivity contribution is -0.141. The molecular formula is C29H58O13. The summed E-state index contributed by atoms with van der Waals surface area (Å²) < 4.78 is 64.3. The average Bonchev–Trinajstić information content (AvgIpc) is 3.00. The van der Waals surface area contributed by atoms with Gasteiger partial charge in [0.1, 0.15) is 0 Å². The van der Waals surface area contributed by atoms with Crippen molar-refractivity contribution in [2.24, 2.45) is 0 Å². The quantitative estimate of drug-likeness (QED) is 0.0747. The van der Waals surface area contributed by atoms with E-state index in [2.05, 4.69) is 11.7 Å². The molecular weight excluding hydrogens is 556 g/mol. The summed E-state index contributed by atoms with van der Waals surface area (Å²) in [4.78, 5) is 10.9. The molecule has 0 fully saturated rings. The third-order valence-corrected chi connectivity index (χ3v) is 5.29. The molecule has 0 rings (SSSR count). The number of rotatable bonds is 37. The number of carbonyl (C=O) groups is 1. The molecule has 0 aliphatic rings. The van der Waals surface area contributed by atoms with Gasteiger partial charge in [-0.2, -0.15) is 0 Å². The van der Waals surface area contributed by atoms with Gasteiger partial charge in [-0.1, -0.05) is 19.8 Å². The first kappa shape index (κ1) is 41.0. The summed E-state index contributed by atoms with van der Waals surface area (Å²) in [6.07, 6.45) is 3.78. The fraction of sp³-hybridized carbons (Fsp3) is 0.966. The van der Waals surface area contributed by atoms with Gasteiger partial charge < -0.3 is 56.8 Å². The molecule has 0 radical (unpaired) electrons. The standard InChI is InChI=1S/C29H58O13/c1-3-4-5-7-32-9-11-34-13-15-36-17-19-38-21-23-40-25-27-42-28-26-41-24-22-39-20-18-37-16-14-35-12-10-33-8-6-29(30)31-2/h3-28H2,1-2H3. The molecule has 0 aliphatic heterocycles. The third kappa shape index (κ3) is 37.1. The second-order valence-corrected chi connectivity index (χ2v) is 8.77. The minimum Gasteiger partial charge on any atom is -0.469 e. The van der Waals surface area contributed by atoms with Crippen LogP contribution in [-0.2, 0) is 61.6 Å². The summed E-state index contributed by atoms with van der Waals surface area (Å²) in [6.45, 7) is 13.7. The van der Waals surface area contributed by atoms with Crippen molar-refractivity contribution in [1.82, 2.24) is 0 Å². The highest BCUT2D eigenvalue weighted by molar-refractivity contribution is 5.69. The molecule has 0 unspecified atom stereocenters. The number of hydrogen-bond acceptors (Lipinski definition) is 13. The number of carbonyl (C=O) groups excluding carboxylic acids is 1. The molecule has 0 N–H and O–H groups in total. The molecule has 13 heteroatoms. The molecule has 0 bridgehead atoms. The highest BCUT2D eigenvalue weighted by atomic mass is 16.6. The lowest BCUT2D eigenvalue weighted by atomic mass is 10.3. The van der Waals surface area contributed by atoms with E-state index in [0.717, 1.165) is 13.0 Å². The van der Waals surface area contributed by atoms with Crippen LogP contribution in [-0.4, -0.2) is 158 Å². The van der Waals surface area contributed by atoms with Gasteiger partial charge in [-0.05, 0) is 6.42 Å². The summed E-state index contributed by atoms with van der Waals surface area (Å²) in [5, 5.41) is 0. The minimum absolute atomic E-state index is 0.247. The summed E-state index contributed by atoms with van der Waals surface area (Å²) >= 11 is 0. The lowest BCUT2D eigenvalue weighted by Crippen LogP contribution is -2.15. The SMILES string of the molecule is CCCCCOCCOCCOCCOCCOCCOCCOCCOCCOCCOCCOCCC(=O)OC. The average molecular weight is 615 g/mol. The van der Waals surface area contributed by atoms with Crippen LogP contribution in [0.4, 0.5) is 0 Å². The van der Waals surface area contributed by atoms with Gasteiger partial charge in [-0.25, -0.2) is 0 Å². The van der Waals surface area contributed by atoms with E-state index >= 15 is 0 Å². The van der Waals surface area contributed by atoms with Gasteiger partial charge in [0.05, 0.1) is 152 Å². The molecule has 13 nitrogen and oxygen atoms in total. The predicted octanol–water partition coefficient (Wildman–Crippen LogP) is 1.92. The Kier molecular flexibility index (Phi) is 37.2. The highest BCUT2D eigenvalue weighted by Gasteiger charge is 1.99. The first-order valence-corrected chi connectivity index (χ1v) is 15.2. The van der Waals surface area contributed by atoms with E-state index in [9.17, 15) is 4.79 Å². The van der Waals surface area contributed by atoms with Crippen LogP contribution in [0.1, 0.15) is 32.6 Å². The maximum absolute atomic E-state index is 10.9. The molecule has 0 aromatic heterocycles. The van der Waals surface area contributed by atoms with Gasteiger partial charge in [0.25, 0.3) is 0 Å². The largest absolute Gasteiger partial charge is 0.469 e. The fourth-order valence-corrected chi connectivity index (χ4v) is 3.01. The van der Waals surface area contributed by atoms with Gasteiger partial charge in [-0.3, -0.25) is 4.79 Å². The Balaban J connectivity index is 3.04.